The van der Waals surface area contributed by atoms with Crippen LogP contribution in [0.3, 0.4) is 0 Å². The number of amides is 1. The largest absolute Gasteiger partial charge is 0.493 e. The molecule has 88 valence electrons. The molecule has 0 spiro atoms. The Morgan fingerprint density at radius 1 is 1.50 bits per heavy atom. The Kier molecular flexibility index (Phi) is 5.22. The van der Waals surface area contributed by atoms with Gasteiger partial charge in [0.25, 0.3) is 0 Å². The highest BCUT2D eigenvalue weighted by Gasteiger charge is 2.10. The Morgan fingerprint density at radius 3 is 2.88 bits per heavy atom. The first-order chi connectivity index (χ1) is 7.69. The van der Waals surface area contributed by atoms with E-state index in [2.05, 4.69) is 5.32 Å². The Hall–Kier alpha value is -1.13. The van der Waals surface area contributed by atoms with Crippen molar-refractivity contribution in [3.63, 3.8) is 0 Å². The van der Waals surface area contributed by atoms with Crippen molar-refractivity contribution in [1.29, 1.82) is 0 Å². The zero-order valence-corrected chi connectivity index (χ0v) is 10.1. The SMILES string of the molecule is COc1c(Cl)cccc1NC(=O)OCCCl. The van der Waals surface area contributed by atoms with Gasteiger partial charge in [-0.05, 0) is 12.1 Å². The van der Waals surface area contributed by atoms with E-state index in [0.717, 1.165) is 0 Å². The second kappa shape index (κ2) is 6.45. The number of hydrogen-bond acceptors (Lipinski definition) is 3. The summed E-state index contributed by atoms with van der Waals surface area (Å²) in [6, 6.07) is 5.02. The molecule has 0 bridgehead atoms. The van der Waals surface area contributed by atoms with E-state index in [1.165, 1.54) is 7.11 Å². The summed E-state index contributed by atoms with van der Waals surface area (Å²) >= 11 is 11.3. The second-order valence-corrected chi connectivity index (χ2v) is 3.56. The van der Waals surface area contributed by atoms with Crippen LogP contribution in [0.4, 0.5) is 10.5 Å². The van der Waals surface area contributed by atoms with Crippen LogP contribution in [0.25, 0.3) is 0 Å². The lowest BCUT2D eigenvalue weighted by Gasteiger charge is -2.11. The van der Waals surface area contributed by atoms with E-state index in [0.29, 0.717) is 16.5 Å². The molecule has 0 radical (unpaired) electrons. The summed E-state index contributed by atoms with van der Waals surface area (Å²) in [6.45, 7) is 0.149. The number of halogens is 2. The molecule has 0 aliphatic carbocycles. The Balaban J connectivity index is 2.73. The van der Waals surface area contributed by atoms with Gasteiger partial charge in [0, 0.05) is 0 Å². The van der Waals surface area contributed by atoms with Crippen LogP contribution in [0.1, 0.15) is 0 Å². The molecule has 4 nitrogen and oxygen atoms in total. The number of methoxy groups -OCH3 is 1. The highest BCUT2D eigenvalue weighted by Crippen LogP contribution is 2.32. The summed E-state index contributed by atoms with van der Waals surface area (Å²) in [5.41, 5.74) is 0.453. The maximum absolute atomic E-state index is 11.3. The third-order valence-electron chi connectivity index (χ3n) is 1.72. The highest BCUT2D eigenvalue weighted by atomic mass is 35.5. The van der Waals surface area contributed by atoms with Crippen LogP contribution in [-0.4, -0.2) is 25.7 Å². The zero-order valence-electron chi connectivity index (χ0n) is 8.63. The van der Waals surface area contributed by atoms with Crippen molar-refractivity contribution in [2.24, 2.45) is 0 Å². The van der Waals surface area contributed by atoms with Gasteiger partial charge in [-0.3, -0.25) is 5.32 Å². The number of rotatable bonds is 4. The molecule has 0 saturated carbocycles. The lowest BCUT2D eigenvalue weighted by Crippen LogP contribution is -2.15. The molecule has 1 N–H and O–H groups in total. The van der Waals surface area contributed by atoms with E-state index in [1.54, 1.807) is 18.2 Å². The number of alkyl halides is 1. The van der Waals surface area contributed by atoms with E-state index in [-0.39, 0.29) is 12.5 Å². The minimum atomic E-state index is -0.596. The normalized spacial score (nSPS) is 9.69. The molecule has 0 fully saturated rings. The minimum absolute atomic E-state index is 0.149. The predicted octanol–water partition coefficient (Wildman–Crippen LogP) is 3.14. The van der Waals surface area contributed by atoms with E-state index < -0.39 is 6.09 Å². The molecule has 1 aromatic carbocycles. The number of nitrogens with one attached hydrogen (secondary N) is 1. The smallest absolute Gasteiger partial charge is 0.411 e. The van der Waals surface area contributed by atoms with Gasteiger partial charge in [0.15, 0.2) is 5.75 Å². The van der Waals surface area contributed by atoms with E-state index in [4.69, 9.17) is 32.7 Å². The number of anilines is 1. The highest BCUT2D eigenvalue weighted by molar-refractivity contribution is 6.32. The Bertz CT molecular complexity index is 371. The van der Waals surface area contributed by atoms with Gasteiger partial charge in [-0.1, -0.05) is 17.7 Å². The van der Waals surface area contributed by atoms with Crippen LogP contribution < -0.4 is 10.1 Å². The van der Waals surface area contributed by atoms with E-state index >= 15 is 0 Å². The number of carbonyl (C=O) groups excluding carboxylic acids is 1. The van der Waals surface area contributed by atoms with Gasteiger partial charge in [0.2, 0.25) is 0 Å². The fourth-order valence-corrected chi connectivity index (χ4v) is 1.42. The minimum Gasteiger partial charge on any atom is -0.493 e. The van der Waals surface area contributed by atoms with Crippen molar-refractivity contribution < 1.29 is 14.3 Å². The molecule has 16 heavy (non-hydrogen) atoms. The van der Waals surface area contributed by atoms with Crippen molar-refractivity contribution in [2.75, 3.05) is 24.9 Å². The quantitative estimate of drug-likeness (QED) is 0.850. The predicted molar refractivity (Wildman–Crippen MR) is 63.7 cm³/mol. The average molecular weight is 264 g/mol. The molecule has 0 aliphatic heterocycles. The molecule has 0 saturated heterocycles. The molecule has 0 unspecified atom stereocenters. The van der Waals surface area contributed by atoms with Crippen molar-refractivity contribution >= 4 is 35.0 Å². The van der Waals surface area contributed by atoms with Crippen LogP contribution in [0.5, 0.6) is 5.75 Å². The van der Waals surface area contributed by atoms with Crippen LogP contribution in [-0.2, 0) is 4.74 Å². The summed E-state index contributed by atoms with van der Waals surface area (Å²) in [7, 11) is 1.47. The summed E-state index contributed by atoms with van der Waals surface area (Å²) in [4.78, 5) is 11.3. The molecule has 6 heteroatoms. The summed E-state index contributed by atoms with van der Waals surface area (Å²) in [5.74, 6) is 0.645. The second-order valence-electron chi connectivity index (χ2n) is 2.77. The van der Waals surface area contributed by atoms with Crippen LogP contribution in [0.15, 0.2) is 18.2 Å². The molecular formula is C10H11Cl2NO3. The third kappa shape index (κ3) is 3.47. The molecule has 1 aromatic rings. The summed E-state index contributed by atoms with van der Waals surface area (Å²) < 4.78 is 9.81. The topological polar surface area (TPSA) is 47.6 Å². The molecule has 1 rings (SSSR count). The molecular weight excluding hydrogens is 253 g/mol. The number of carbonyl (C=O) groups is 1. The van der Waals surface area contributed by atoms with Gasteiger partial charge >= 0.3 is 6.09 Å². The number of ether oxygens (including phenoxy) is 2. The van der Waals surface area contributed by atoms with Crippen molar-refractivity contribution in [1.82, 2.24) is 0 Å². The van der Waals surface area contributed by atoms with E-state index in [1.807, 2.05) is 0 Å². The monoisotopic (exact) mass is 263 g/mol. The van der Waals surface area contributed by atoms with E-state index in [9.17, 15) is 4.79 Å². The average Bonchev–Trinajstić information content (AvgIpc) is 2.27. The van der Waals surface area contributed by atoms with Crippen molar-refractivity contribution in [2.45, 2.75) is 0 Å². The maximum atomic E-state index is 11.3. The van der Waals surface area contributed by atoms with Gasteiger partial charge in [-0.2, -0.15) is 0 Å². The third-order valence-corrected chi connectivity index (χ3v) is 2.17. The molecule has 0 atom stereocenters. The lowest BCUT2D eigenvalue weighted by atomic mass is 10.3. The first kappa shape index (κ1) is 12.9. The van der Waals surface area contributed by atoms with Crippen molar-refractivity contribution in [3.05, 3.63) is 23.2 Å². The number of benzene rings is 1. The Labute approximate surface area is 103 Å². The van der Waals surface area contributed by atoms with Gasteiger partial charge in [-0.25, -0.2) is 4.79 Å². The first-order valence-corrected chi connectivity index (χ1v) is 5.42. The summed E-state index contributed by atoms with van der Waals surface area (Å²) in [6.07, 6.45) is -0.596. The fourth-order valence-electron chi connectivity index (χ4n) is 1.09. The molecule has 1 amide bonds. The first-order valence-electron chi connectivity index (χ1n) is 4.51. The number of hydrogen-bond donors (Lipinski definition) is 1. The zero-order chi connectivity index (χ0) is 12.0. The summed E-state index contributed by atoms with van der Waals surface area (Å²) in [5, 5.41) is 2.92. The Morgan fingerprint density at radius 2 is 2.25 bits per heavy atom. The molecule has 0 heterocycles. The molecule has 0 aliphatic rings. The standard InChI is InChI=1S/C10H11Cl2NO3/c1-15-9-7(12)3-2-4-8(9)13-10(14)16-6-5-11/h2-4H,5-6H2,1H3,(H,13,14). The van der Waals surface area contributed by atoms with Crippen LogP contribution in [0, 0.1) is 0 Å². The van der Waals surface area contributed by atoms with Gasteiger partial charge < -0.3 is 9.47 Å². The van der Waals surface area contributed by atoms with Crippen LogP contribution >= 0.6 is 23.2 Å². The van der Waals surface area contributed by atoms with Crippen LogP contribution in [0.2, 0.25) is 5.02 Å². The van der Waals surface area contributed by atoms with Crippen molar-refractivity contribution in [3.8, 4) is 5.75 Å². The molecule has 0 aromatic heterocycles. The van der Waals surface area contributed by atoms with Gasteiger partial charge in [0.05, 0.1) is 23.7 Å². The maximum Gasteiger partial charge on any atom is 0.411 e. The fraction of sp³-hybridized carbons (Fsp3) is 0.300. The lowest BCUT2D eigenvalue weighted by molar-refractivity contribution is 0.168. The van der Waals surface area contributed by atoms with Gasteiger partial charge in [-0.15, -0.1) is 11.6 Å². The number of para-hydroxylation sites is 1. The van der Waals surface area contributed by atoms with Gasteiger partial charge in [0.1, 0.15) is 6.61 Å².